The van der Waals surface area contributed by atoms with Crippen molar-refractivity contribution in [1.29, 1.82) is 5.41 Å². The Morgan fingerprint density at radius 3 is 2.38 bits per heavy atom. The number of nitrogens with one attached hydrogen (secondary N) is 2. The minimum Gasteiger partial charge on any atom is -0.481 e. The number of hydrogen-bond acceptors (Lipinski definition) is 5. The molecule has 9 heteroatoms. The minimum absolute atomic E-state index is 0.0579. The molecule has 1 saturated carbocycles. The van der Waals surface area contributed by atoms with E-state index in [1.54, 1.807) is 0 Å². The number of piperidine rings is 2. The van der Waals surface area contributed by atoms with Gasteiger partial charge in [-0.1, -0.05) is 19.3 Å². The summed E-state index contributed by atoms with van der Waals surface area (Å²) in [5, 5.41) is 20.3. The van der Waals surface area contributed by atoms with Crippen LogP contribution in [0.1, 0.15) is 77.0 Å². The fourth-order valence-electron chi connectivity index (χ4n) is 5.37. The van der Waals surface area contributed by atoms with Crippen molar-refractivity contribution < 1.29 is 19.4 Å². The van der Waals surface area contributed by atoms with Gasteiger partial charge in [-0.05, 0) is 51.4 Å². The third kappa shape index (κ3) is 7.33. The third-order valence-electron chi connectivity index (χ3n) is 7.22. The molecule has 0 bridgehead atoms. The van der Waals surface area contributed by atoms with Gasteiger partial charge in [0.15, 0.2) is 5.96 Å². The van der Waals surface area contributed by atoms with Crippen molar-refractivity contribution in [3.63, 3.8) is 0 Å². The Balaban J connectivity index is 1.51. The van der Waals surface area contributed by atoms with Crippen LogP contribution in [-0.2, 0) is 14.3 Å². The molecule has 0 aromatic heterocycles. The van der Waals surface area contributed by atoms with E-state index in [-0.39, 0.29) is 36.5 Å². The standard InChI is InChI=1S/C23H41N5O4/c24-23(25)27-13-9-19(10-14-27)32-15-11-18-8-4-5-12-28(18)22(31)20(16-21(29)30)26-17-6-2-1-3-7-17/h17-20,26H,1-16H2,(H3,24,25)(H,29,30)/t18?,20-/m0/s1. The highest BCUT2D eigenvalue weighted by molar-refractivity contribution is 5.86. The Kier molecular flexibility index (Phi) is 9.59. The highest BCUT2D eigenvalue weighted by atomic mass is 16.5. The van der Waals surface area contributed by atoms with Crippen LogP contribution in [-0.4, -0.2) is 83.2 Å². The van der Waals surface area contributed by atoms with Crippen molar-refractivity contribution >= 4 is 17.8 Å². The maximum Gasteiger partial charge on any atom is 0.305 e. The zero-order valence-electron chi connectivity index (χ0n) is 19.3. The lowest BCUT2D eigenvalue weighted by molar-refractivity contribution is -0.145. The third-order valence-corrected chi connectivity index (χ3v) is 7.22. The average molecular weight is 452 g/mol. The molecule has 3 rings (SSSR count). The number of rotatable bonds is 9. The molecule has 2 heterocycles. The average Bonchev–Trinajstić information content (AvgIpc) is 2.79. The number of likely N-dealkylation sites (tertiary alicyclic amines) is 2. The number of amides is 1. The van der Waals surface area contributed by atoms with Crippen LogP contribution in [0.2, 0.25) is 0 Å². The molecule has 9 nitrogen and oxygen atoms in total. The summed E-state index contributed by atoms with van der Waals surface area (Å²) in [6.45, 7) is 2.79. The predicted octanol–water partition coefficient (Wildman–Crippen LogP) is 1.90. The highest BCUT2D eigenvalue weighted by Gasteiger charge is 2.34. The van der Waals surface area contributed by atoms with Crippen LogP contribution in [0.5, 0.6) is 0 Å². The molecule has 1 aliphatic carbocycles. The fourth-order valence-corrected chi connectivity index (χ4v) is 5.37. The Morgan fingerprint density at radius 2 is 1.72 bits per heavy atom. The first kappa shape index (κ1) is 24.8. The van der Waals surface area contributed by atoms with Crippen LogP contribution in [0.25, 0.3) is 0 Å². The summed E-state index contributed by atoms with van der Waals surface area (Å²) < 4.78 is 6.10. The first-order chi connectivity index (χ1) is 15.4. The van der Waals surface area contributed by atoms with E-state index >= 15 is 0 Å². The monoisotopic (exact) mass is 451 g/mol. The van der Waals surface area contributed by atoms with Crippen molar-refractivity contribution in [3.05, 3.63) is 0 Å². The Morgan fingerprint density at radius 1 is 1.03 bits per heavy atom. The van der Waals surface area contributed by atoms with Crippen molar-refractivity contribution in [2.24, 2.45) is 5.73 Å². The lowest BCUT2D eigenvalue weighted by Crippen LogP contribution is -2.55. The van der Waals surface area contributed by atoms with Crippen molar-refractivity contribution in [2.45, 2.75) is 101 Å². The summed E-state index contributed by atoms with van der Waals surface area (Å²) in [4.78, 5) is 28.7. The molecule has 2 atom stereocenters. The first-order valence-electron chi connectivity index (χ1n) is 12.4. The summed E-state index contributed by atoms with van der Waals surface area (Å²) in [7, 11) is 0. The summed E-state index contributed by atoms with van der Waals surface area (Å²) in [6.07, 6.45) is 11.0. The van der Waals surface area contributed by atoms with Crippen LogP contribution < -0.4 is 11.1 Å². The van der Waals surface area contributed by atoms with E-state index in [2.05, 4.69) is 5.32 Å². The van der Waals surface area contributed by atoms with Gasteiger partial charge in [0.2, 0.25) is 5.91 Å². The molecule has 32 heavy (non-hydrogen) atoms. The van der Waals surface area contributed by atoms with Crippen LogP contribution >= 0.6 is 0 Å². The number of guanidine groups is 1. The number of carboxylic acid groups (broad SMARTS) is 1. The topological polar surface area (TPSA) is 132 Å². The van der Waals surface area contributed by atoms with E-state index < -0.39 is 12.0 Å². The molecule has 2 aliphatic heterocycles. The minimum atomic E-state index is -0.930. The summed E-state index contributed by atoms with van der Waals surface area (Å²) in [5.41, 5.74) is 5.56. The molecule has 0 aromatic carbocycles. The highest BCUT2D eigenvalue weighted by Crippen LogP contribution is 2.24. The van der Waals surface area contributed by atoms with Crippen molar-refractivity contribution in [2.75, 3.05) is 26.2 Å². The van der Waals surface area contributed by atoms with Gasteiger partial charge >= 0.3 is 5.97 Å². The summed E-state index contributed by atoms with van der Waals surface area (Å²) in [6, 6.07) is -0.296. The Bertz CT molecular complexity index is 632. The van der Waals surface area contributed by atoms with E-state index in [9.17, 15) is 14.7 Å². The maximum atomic E-state index is 13.4. The number of carbonyl (C=O) groups excluding carboxylic acids is 1. The number of aliphatic carboxylic acids is 1. The second-order valence-corrected chi connectivity index (χ2v) is 9.56. The largest absolute Gasteiger partial charge is 0.481 e. The van der Waals surface area contributed by atoms with E-state index in [1.165, 1.54) is 6.42 Å². The molecular weight excluding hydrogens is 410 g/mol. The smallest absolute Gasteiger partial charge is 0.305 e. The van der Waals surface area contributed by atoms with Gasteiger partial charge in [0.05, 0.1) is 18.6 Å². The number of nitrogens with two attached hydrogens (primary N) is 1. The van der Waals surface area contributed by atoms with Gasteiger partial charge in [-0.15, -0.1) is 0 Å². The first-order valence-corrected chi connectivity index (χ1v) is 12.4. The molecule has 182 valence electrons. The predicted molar refractivity (Wildman–Crippen MR) is 122 cm³/mol. The van der Waals surface area contributed by atoms with Crippen molar-refractivity contribution in [1.82, 2.24) is 15.1 Å². The quantitative estimate of drug-likeness (QED) is 0.311. The van der Waals surface area contributed by atoms with Gasteiger partial charge in [-0.3, -0.25) is 15.0 Å². The Hall–Kier alpha value is -1.87. The number of hydrogen-bond donors (Lipinski definition) is 4. The molecule has 5 N–H and O–H groups in total. The van der Waals surface area contributed by atoms with Gasteiger partial charge in [0.25, 0.3) is 0 Å². The zero-order chi connectivity index (χ0) is 22.9. The second-order valence-electron chi connectivity index (χ2n) is 9.56. The molecule has 0 spiro atoms. The van der Waals surface area contributed by atoms with Gasteiger partial charge in [0.1, 0.15) is 0 Å². The number of carboxylic acids is 1. The lowest BCUT2D eigenvalue weighted by atomic mass is 9.93. The SMILES string of the molecule is N=C(N)N1CCC(OCCC2CCCCN2C(=O)[C@H](CC(=O)O)NC2CCCCC2)CC1. The molecule has 0 aromatic rings. The van der Waals surface area contributed by atoms with Gasteiger partial charge in [-0.2, -0.15) is 0 Å². The number of nitrogens with zero attached hydrogens (tertiary/aromatic N) is 2. The lowest BCUT2D eigenvalue weighted by Gasteiger charge is -2.39. The molecule has 1 unspecified atom stereocenters. The van der Waals surface area contributed by atoms with E-state index in [0.29, 0.717) is 13.2 Å². The molecule has 3 fully saturated rings. The molecule has 3 aliphatic rings. The van der Waals surface area contributed by atoms with Crippen LogP contribution in [0.4, 0.5) is 0 Å². The van der Waals surface area contributed by atoms with E-state index in [4.69, 9.17) is 15.9 Å². The number of carbonyl (C=O) groups is 2. The summed E-state index contributed by atoms with van der Waals surface area (Å²) >= 11 is 0. The summed E-state index contributed by atoms with van der Waals surface area (Å²) in [5.74, 6) is -0.865. The van der Waals surface area contributed by atoms with Crippen molar-refractivity contribution in [3.8, 4) is 0 Å². The molecule has 1 amide bonds. The number of ether oxygens (including phenoxy) is 1. The van der Waals surface area contributed by atoms with Crippen LogP contribution in [0.15, 0.2) is 0 Å². The zero-order valence-corrected chi connectivity index (χ0v) is 19.3. The molecule has 0 radical (unpaired) electrons. The van der Waals surface area contributed by atoms with Gasteiger partial charge < -0.3 is 30.7 Å². The maximum absolute atomic E-state index is 13.4. The van der Waals surface area contributed by atoms with Crippen LogP contribution in [0, 0.1) is 5.41 Å². The Labute approximate surface area is 191 Å². The molecular formula is C23H41N5O4. The normalized spacial score (nSPS) is 24.3. The van der Waals surface area contributed by atoms with Gasteiger partial charge in [-0.25, -0.2) is 0 Å². The van der Waals surface area contributed by atoms with E-state index in [1.807, 2.05) is 9.80 Å². The van der Waals surface area contributed by atoms with Crippen LogP contribution in [0.3, 0.4) is 0 Å². The van der Waals surface area contributed by atoms with E-state index in [0.717, 1.165) is 77.3 Å². The fraction of sp³-hybridized carbons (Fsp3) is 0.870. The second kappa shape index (κ2) is 12.4. The molecule has 2 saturated heterocycles. The van der Waals surface area contributed by atoms with Gasteiger partial charge in [0, 0.05) is 38.3 Å².